The van der Waals surface area contributed by atoms with E-state index in [1.807, 2.05) is 0 Å². The van der Waals surface area contributed by atoms with Crippen LogP contribution in [0.5, 0.6) is 0 Å². The number of hydrogen-bond donors (Lipinski definition) is 1. The van der Waals surface area contributed by atoms with Gasteiger partial charge >= 0.3 is 12.6 Å². The quantitative estimate of drug-likeness (QED) is 0.913. The molecule has 1 fully saturated rings. The number of aromatic nitrogens is 3. The van der Waals surface area contributed by atoms with Crippen molar-refractivity contribution in [3.63, 3.8) is 0 Å². The molecule has 1 aromatic heterocycles. The fourth-order valence-electron chi connectivity index (χ4n) is 2.92. The Hall–Kier alpha value is -2.62. The first kappa shape index (κ1) is 17.2. The topological polar surface area (TPSA) is 80.5 Å². The number of rotatable bonds is 3. The van der Waals surface area contributed by atoms with E-state index >= 15 is 0 Å². The molecule has 7 nitrogen and oxygen atoms in total. The van der Waals surface area contributed by atoms with Crippen molar-refractivity contribution < 1.29 is 27.8 Å². The largest absolute Gasteiger partial charge is 0.465 e. The van der Waals surface area contributed by atoms with E-state index in [9.17, 15) is 23.1 Å². The van der Waals surface area contributed by atoms with Crippen LogP contribution in [0.3, 0.4) is 0 Å². The summed E-state index contributed by atoms with van der Waals surface area (Å²) >= 11 is 0. The van der Waals surface area contributed by atoms with E-state index in [0.29, 0.717) is 10.2 Å². The van der Waals surface area contributed by atoms with Gasteiger partial charge in [-0.05, 0) is 31.5 Å². The summed E-state index contributed by atoms with van der Waals surface area (Å²) in [4.78, 5) is 16.4. The van der Waals surface area contributed by atoms with Gasteiger partial charge in [-0.25, -0.2) is 14.2 Å². The number of halogens is 3. The van der Waals surface area contributed by atoms with E-state index in [-0.39, 0.29) is 18.0 Å². The lowest BCUT2D eigenvalue weighted by Gasteiger charge is -2.31. The Kier molecular flexibility index (Phi) is 4.15. The normalized spacial score (nSPS) is 19.6. The molecule has 3 rings (SSSR count). The molecule has 1 aliphatic heterocycles. The number of ether oxygens (including phenoxy) is 1. The van der Waals surface area contributed by atoms with E-state index in [1.165, 1.54) is 12.1 Å². The van der Waals surface area contributed by atoms with Gasteiger partial charge < -0.3 is 9.84 Å². The summed E-state index contributed by atoms with van der Waals surface area (Å²) in [6, 6.07) is 3.08. The van der Waals surface area contributed by atoms with Crippen molar-refractivity contribution in [1.29, 1.82) is 0 Å². The molecule has 2 heterocycles. The first-order valence-electron chi connectivity index (χ1n) is 7.36. The number of nitrogens with zero attached hydrogens (tertiary/aromatic N) is 4. The monoisotopic (exact) mass is 356 g/mol. The minimum Gasteiger partial charge on any atom is -0.465 e. The molecular weight excluding hydrogens is 341 g/mol. The zero-order chi connectivity index (χ0) is 18.4. The Labute approximate surface area is 140 Å². The smallest absolute Gasteiger partial charge is 0.410 e. The Bertz CT molecular complexity index is 809. The van der Waals surface area contributed by atoms with Crippen molar-refractivity contribution in [2.24, 2.45) is 0 Å². The predicted octanol–water partition coefficient (Wildman–Crippen LogP) is 3.27. The molecule has 1 unspecified atom stereocenters. The minimum atomic E-state index is -2.98. The van der Waals surface area contributed by atoms with Crippen LogP contribution in [0, 0.1) is 5.82 Å². The minimum absolute atomic E-state index is 0.0614. The molecule has 0 saturated carbocycles. The van der Waals surface area contributed by atoms with Crippen molar-refractivity contribution in [1.82, 2.24) is 19.7 Å². The second-order valence-corrected chi connectivity index (χ2v) is 5.97. The molecule has 134 valence electrons. The third kappa shape index (κ3) is 2.93. The molecule has 1 N–H and O–H groups in total. The highest BCUT2D eigenvalue weighted by Crippen LogP contribution is 2.38. The van der Waals surface area contributed by atoms with Crippen molar-refractivity contribution >= 4 is 6.09 Å². The highest BCUT2D eigenvalue weighted by molar-refractivity contribution is 5.67. The summed E-state index contributed by atoms with van der Waals surface area (Å²) in [7, 11) is 0. The van der Waals surface area contributed by atoms with Crippen molar-refractivity contribution in [3.05, 3.63) is 35.9 Å². The molecule has 0 spiro atoms. The maximum absolute atomic E-state index is 14.2. The Morgan fingerprint density at radius 3 is 2.80 bits per heavy atom. The first-order chi connectivity index (χ1) is 11.7. The maximum Gasteiger partial charge on any atom is 0.410 e. The van der Waals surface area contributed by atoms with Gasteiger partial charge in [0.15, 0.2) is 5.82 Å². The summed E-state index contributed by atoms with van der Waals surface area (Å²) in [5.74, 6) is -1.10. The molecule has 0 radical (unpaired) electrons. The van der Waals surface area contributed by atoms with Gasteiger partial charge in [-0.3, -0.25) is 4.90 Å². The summed E-state index contributed by atoms with van der Waals surface area (Å²) < 4.78 is 45.9. The number of carboxylic acid groups (broad SMARTS) is 1. The van der Waals surface area contributed by atoms with Crippen LogP contribution in [0.15, 0.2) is 24.5 Å². The molecule has 0 aliphatic carbocycles. The van der Waals surface area contributed by atoms with Crippen LogP contribution in [0.2, 0.25) is 0 Å². The molecule has 1 amide bonds. The molecule has 0 bridgehead atoms. The first-order valence-corrected chi connectivity index (χ1v) is 7.36. The molecule has 10 heteroatoms. The van der Waals surface area contributed by atoms with Crippen LogP contribution in [-0.2, 0) is 4.74 Å². The second kappa shape index (κ2) is 6.03. The van der Waals surface area contributed by atoms with Crippen LogP contribution in [-0.4, -0.2) is 43.2 Å². The van der Waals surface area contributed by atoms with Crippen molar-refractivity contribution in [3.8, 4) is 11.4 Å². The lowest BCUT2D eigenvalue weighted by molar-refractivity contribution is -0.0420. The third-order valence-corrected chi connectivity index (χ3v) is 4.07. The third-order valence-electron chi connectivity index (χ3n) is 4.07. The second-order valence-electron chi connectivity index (χ2n) is 5.97. The molecule has 1 aliphatic rings. The molecule has 25 heavy (non-hydrogen) atoms. The standard InChI is InChI=1S/C15H15F3N4O3/c1-15(2)21(14(23)24)11(6-25-15)8-3-4-10(16)9(5-8)12-19-7-20-22(12)13(17)18/h3-5,7,11,13H,6H2,1-2H3,(H,23,24). The van der Waals surface area contributed by atoms with E-state index in [1.54, 1.807) is 13.8 Å². The van der Waals surface area contributed by atoms with Gasteiger partial charge in [0.2, 0.25) is 0 Å². The van der Waals surface area contributed by atoms with Gasteiger partial charge in [0.1, 0.15) is 17.9 Å². The van der Waals surface area contributed by atoms with Crippen molar-refractivity contribution in [2.75, 3.05) is 6.61 Å². The molecular formula is C15H15F3N4O3. The van der Waals surface area contributed by atoms with Crippen LogP contribution in [0.4, 0.5) is 18.0 Å². The maximum atomic E-state index is 14.2. The van der Waals surface area contributed by atoms with E-state index in [2.05, 4.69) is 10.1 Å². The average molecular weight is 356 g/mol. The van der Waals surface area contributed by atoms with E-state index in [4.69, 9.17) is 4.74 Å². The summed E-state index contributed by atoms with van der Waals surface area (Å²) in [5.41, 5.74) is -0.841. The molecule has 1 atom stereocenters. The highest BCUT2D eigenvalue weighted by atomic mass is 19.3. The lowest BCUT2D eigenvalue weighted by Crippen LogP contribution is -2.44. The fraction of sp³-hybridized carbons (Fsp3) is 0.400. The Morgan fingerprint density at radius 2 is 2.16 bits per heavy atom. The van der Waals surface area contributed by atoms with Gasteiger partial charge in [0.05, 0.1) is 18.2 Å². The van der Waals surface area contributed by atoms with Gasteiger partial charge in [-0.15, -0.1) is 0 Å². The predicted molar refractivity (Wildman–Crippen MR) is 79.3 cm³/mol. The number of benzene rings is 1. The number of amides is 1. The number of alkyl halides is 2. The SMILES string of the molecule is CC1(C)OCC(c2ccc(F)c(-c3ncnn3C(F)F)c2)N1C(=O)O. The lowest BCUT2D eigenvalue weighted by atomic mass is 10.0. The van der Waals surface area contributed by atoms with E-state index in [0.717, 1.165) is 17.3 Å². The van der Waals surface area contributed by atoms with Crippen LogP contribution >= 0.6 is 0 Å². The van der Waals surface area contributed by atoms with Gasteiger partial charge in [0.25, 0.3) is 0 Å². The summed E-state index contributed by atoms with van der Waals surface area (Å²) in [6.45, 7) is 0.272. The number of hydrogen-bond acceptors (Lipinski definition) is 4. The van der Waals surface area contributed by atoms with Gasteiger partial charge in [-0.2, -0.15) is 18.6 Å². The van der Waals surface area contributed by atoms with Crippen LogP contribution in [0.25, 0.3) is 11.4 Å². The van der Waals surface area contributed by atoms with Crippen LogP contribution in [0.1, 0.15) is 32.0 Å². The number of carbonyl (C=O) groups is 1. The average Bonchev–Trinajstić information content (AvgIpc) is 3.11. The zero-order valence-corrected chi connectivity index (χ0v) is 13.4. The van der Waals surface area contributed by atoms with Gasteiger partial charge in [0, 0.05) is 0 Å². The van der Waals surface area contributed by atoms with Crippen LogP contribution < -0.4 is 0 Å². The van der Waals surface area contributed by atoms with E-state index < -0.39 is 30.2 Å². The summed E-state index contributed by atoms with van der Waals surface area (Å²) in [5, 5.41) is 12.8. The highest BCUT2D eigenvalue weighted by Gasteiger charge is 2.44. The Morgan fingerprint density at radius 1 is 1.44 bits per heavy atom. The zero-order valence-electron chi connectivity index (χ0n) is 13.4. The fourth-order valence-corrected chi connectivity index (χ4v) is 2.92. The molecule has 1 aromatic carbocycles. The molecule has 2 aromatic rings. The Balaban J connectivity index is 2.06. The van der Waals surface area contributed by atoms with Crippen molar-refractivity contribution in [2.45, 2.75) is 32.2 Å². The van der Waals surface area contributed by atoms with Gasteiger partial charge in [-0.1, -0.05) is 6.07 Å². The summed E-state index contributed by atoms with van der Waals surface area (Å²) in [6.07, 6.45) is -0.298. The molecule has 1 saturated heterocycles.